The average Bonchev–Trinajstić information content (AvgIpc) is 2.59. The lowest BCUT2D eigenvalue weighted by Gasteiger charge is -2.11. The van der Waals surface area contributed by atoms with E-state index in [2.05, 4.69) is 0 Å². The molecule has 1 nitrogen and oxygen atoms in total. The maximum Gasteiger partial charge on any atom is 0.0624 e. The summed E-state index contributed by atoms with van der Waals surface area (Å²) in [4.78, 5) is 0. The summed E-state index contributed by atoms with van der Waals surface area (Å²) < 4.78 is 0. The molecule has 0 aliphatic heterocycles. The Morgan fingerprint density at radius 1 is 1.27 bits per heavy atom. The van der Waals surface area contributed by atoms with Gasteiger partial charge in [0.15, 0.2) is 0 Å². The minimum absolute atomic E-state index is 0.118. The van der Waals surface area contributed by atoms with Crippen LogP contribution in [0.5, 0.6) is 0 Å². The molecule has 1 aromatic carbocycles. The summed E-state index contributed by atoms with van der Waals surface area (Å²) in [6.45, 7) is 0. The van der Waals surface area contributed by atoms with Crippen molar-refractivity contribution < 1.29 is 5.11 Å². The number of rotatable bonds is 2. The van der Waals surface area contributed by atoms with Crippen molar-refractivity contribution in [3.05, 3.63) is 33.8 Å². The number of benzene rings is 1. The topological polar surface area (TPSA) is 20.2 Å². The molecule has 1 aliphatic carbocycles. The van der Waals surface area contributed by atoms with Crippen LogP contribution in [0.3, 0.4) is 0 Å². The van der Waals surface area contributed by atoms with E-state index in [1.807, 2.05) is 12.1 Å². The smallest absolute Gasteiger partial charge is 0.0624 e. The van der Waals surface area contributed by atoms with E-state index in [0.29, 0.717) is 16.0 Å². The highest BCUT2D eigenvalue weighted by Gasteiger charge is 2.23. The Bertz CT molecular complexity index is 351. The molecule has 0 amide bonds. The van der Waals surface area contributed by atoms with Crippen LogP contribution in [0.4, 0.5) is 0 Å². The first-order valence-electron chi connectivity index (χ1n) is 5.27. The SMILES string of the molecule is OC1CCC(Cc2cccc(Cl)c2Cl)C1. The maximum atomic E-state index is 9.44. The molecule has 0 radical (unpaired) electrons. The van der Waals surface area contributed by atoms with Gasteiger partial charge >= 0.3 is 0 Å². The molecular formula is C12H14Cl2O. The minimum atomic E-state index is -0.118. The van der Waals surface area contributed by atoms with Crippen molar-refractivity contribution in [2.45, 2.75) is 31.8 Å². The van der Waals surface area contributed by atoms with E-state index in [1.54, 1.807) is 6.07 Å². The van der Waals surface area contributed by atoms with Crippen LogP contribution in [0, 0.1) is 5.92 Å². The third-order valence-electron chi connectivity index (χ3n) is 3.05. The highest BCUT2D eigenvalue weighted by atomic mass is 35.5. The van der Waals surface area contributed by atoms with Gasteiger partial charge in [-0.3, -0.25) is 0 Å². The first kappa shape index (κ1) is 11.3. The molecule has 0 saturated heterocycles. The monoisotopic (exact) mass is 244 g/mol. The summed E-state index contributed by atoms with van der Waals surface area (Å²) in [5, 5.41) is 10.7. The molecule has 0 spiro atoms. The van der Waals surface area contributed by atoms with Crippen molar-refractivity contribution in [2.75, 3.05) is 0 Å². The predicted octanol–water partition coefficient (Wildman–Crippen LogP) is 3.70. The fraction of sp³-hybridized carbons (Fsp3) is 0.500. The largest absolute Gasteiger partial charge is 0.393 e. The second kappa shape index (κ2) is 4.73. The predicted molar refractivity (Wildman–Crippen MR) is 63.5 cm³/mol. The van der Waals surface area contributed by atoms with Crippen LogP contribution in [0.15, 0.2) is 18.2 Å². The third-order valence-corrected chi connectivity index (χ3v) is 3.91. The van der Waals surface area contributed by atoms with Gasteiger partial charge in [-0.1, -0.05) is 35.3 Å². The zero-order valence-electron chi connectivity index (χ0n) is 8.42. The molecule has 3 heteroatoms. The van der Waals surface area contributed by atoms with E-state index in [4.69, 9.17) is 23.2 Å². The van der Waals surface area contributed by atoms with E-state index in [9.17, 15) is 5.11 Å². The molecule has 1 N–H and O–H groups in total. The van der Waals surface area contributed by atoms with E-state index in [1.165, 1.54) is 0 Å². The van der Waals surface area contributed by atoms with Crippen LogP contribution in [0.25, 0.3) is 0 Å². The van der Waals surface area contributed by atoms with Crippen LogP contribution < -0.4 is 0 Å². The van der Waals surface area contributed by atoms with Crippen molar-refractivity contribution in [1.29, 1.82) is 0 Å². The summed E-state index contributed by atoms with van der Waals surface area (Å²) in [7, 11) is 0. The molecule has 1 aromatic rings. The second-order valence-corrected chi connectivity index (χ2v) is 5.04. The molecule has 1 saturated carbocycles. The summed E-state index contributed by atoms with van der Waals surface area (Å²) in [5.74, 6) is 0.552. The lowest BCUT2D eigenvalue weighted by atomic mass is 9.98. The Balaban J connectivity index is 2.07. The van der Waals surface area contributed by atoms with Gasteiger partial charge in [-0.25, -0.2) is 0 Å². The van der Waals surface area contributed by atoms with Gasteiger partial charge in [0.1, 0.15) is 0 Å². The average molecular weight is 245 g/mol. The Hall–Kier alpha value is -0.240. The molecule has 1 aliphatic rings. The van der Waals surface area contributed by atoms with Crippen LogP contribution >= 0.6 is 23.2 Å². The van der Waals surface area contributed by atoms with Gasteiger partial charge in [-0.2, -0.15) is 0 Å². The zero-order chi connectivity index (χ0) is 10.8. The molecule has 15 heavy (non-hydrogen) atoms. The van der Waals surface area contributed by atoms with Gasteiger partial charge in [0, 0.05) is 0 Å². The number of aliphatic hydroxyl groups excluding tert-OH is 1. The molecule has 0 heterocycles. The fourth-order valence-corrected chi connectivity index (χ4v) is 2.65. The molecule has 0 aromatic heterocycles. The highest BCUT2D eigenvalue weighted by molar-refractivity contribution is 6.42. The van der Waals surface area contributed by atoms with Crippen molar-refractivity contribution in [3.63, 3.8) is 0 Å². The van der Waals surface area contributed by atoms with E-state index in [-0.39, 0.29) is 6.10 Å². The highest BCUT2D eigenvalue weighted by Crippen LogP contribution is 2.33. The van der Waals surface area contributed by atoms with Gasteiger partial charge in [0.2, 0.25) is 0 Å². The first-order chi connectivity index (χ1) is 7.16. The van der Waals surface area contributed by atoms with E-state index in [0.717, 1.165) is 31.2 Å². The Labute approximate surface area is 100 Å². The molecule has 82 valence electrons. The number of hydrogen-bond donors (Lipinski definition) is 1. The van der Waals surface area contributed by atoms with Crippen molar-refractivity contribution >= 4 is 23.2 Å². The van der Waals surface area contributed by atoms with Crippen LogP contribution in [0.1, 0.15) is 24.8 Å². The van der Waals surface area contributed by atoms with Crippen molar-refractivity contribution in [2.24, 2.45) is 5.92 Å². The van der Waals surface area contributed by atoms with E-state index >= 15 is 0 Å². The van der Waals surface area contributed by atoms with Gasteiger partial charge < -0.3 is 5.11 Å². The minimum Gasteiger partial charge on any atom is -0.393 e. The standard InChI is InChI=1S/C12H14Cl2O/c13-11-3-1-2-9(12(11)14)6-8-4-5-10(15)7-8/h1-3,8,10,15H,4-7H2. The van der Waals surface area contributed by atoms with Gasteiger partial charge in [0.25, 0.3) is 0 Å². The molecule has 1 fully saturated rings. The number of hydrogen-bond acceptors (Lipinski definition) is 1. The maximum absolute atomic E-state index is 9.44. The van der Waals surface area contributed by atoms with Crippen molar-refractivity contribution in [1.82, 2.24) is 0 Å². The Morgan fingerprint density at radius 3 is 2.73 bits per heavy atom. The van der Waals surface area contributed by atoms with Gasteiger partial charge in [-0.15, -0.1) is 0 Å². The summed E-state index contributed by atoms with van der Waals surface area (Å²) in [5.41, 5.74) is 1.10. The molecule has 2 unspecified atom stereocenters. The summed E-state index contributed by atoms with van der Waals surface area (Å²) in [6, 6.07) is 5.74. The van der Waals surface area contributed by atoms with Crippen LogP contribution in [0.2, 0.25) is 10.0 Å². The zero-order valence-corrected chi connectivity index (χ0v) is 9.93. The third kappa shape index (κ3) is 2.66. The van der Waals surface area contributed by atoms with E-state index < -0.39 is 0 Å². The quantitative estimate of drug-likeness (QED) is 0.842. The lowest BCUT2D eigenvalue weighted by Crippen LogP contribution is -2.03. The molecular weight excluding hydrogens is 231 g/mol. The molecule has 0 bridgehead atoms. The summed E-state index contributed by atoms with van der Waals surface area (Å²) in [6.07, 6.45) is 3.71. The van der Waals surface area contributed by atoms with Gasteiger partial charge in [-0.05, 0) is 43.2 Å². The first-order valence-corrected chi connectivity index (χ1v) is 6.03. The van der Waals surface area contributed by atoms with Crippen molar-refractivity contribution in [3.8, 4) is 0 Å². The Kier molecular flexibility index (Phi) is 3.55. The normalized spacial score (nSPS) is 25.8. The van der Waals surface area contributed by atoms with Crippen LogP contribution in [-0.4, -0.2) is 11.2 Å². The summed E-state index contributed by atoms with van der Waals surface area (Å²) >= 11 is 12.1. The fourth-order valence-electron chi connectivity index (χ4n) is 2.25. The van der Waals surface area contributed by atoms with Crippen LogP contribution in [-0.2, 0) is 6.42 Å². The second-order valence-electron chi connectivity index (χ2n) is 4.25. The number of aliphatic hydroxyl groups is 1. The van der Waals surface area contributed by atoms with Gasteiger partial charge in [0.05, 0.1) is 16.1 Å². The number of halogens is 2. The molecule has 2 rings (SSSR count). The Morgan fingerprint density at radius 2 is 2.07 bits per heavy atom. The molecule has 2 atom stereocenters. The lowest BCUT2D eigenvalue weighted by molar-refractivity contribution is 0.177.